The number of carbonyl (C=O) groups is 1. The van der Waals surface area contributed by atoms with E-state index in [2.05, 4.69) is 15.1 Å². The van der Waals surface area contributed by atoms with Crippen LogP contribution in [0.4, 0.5) is 24.7 Å². The zero-order chi connectivity index (χ0) is 27.0. The van der Waals surface area contributed by atoms with Gasteiger partial charge in [0, 0.05) is 17.0 Å². The highest BCUT2D eigenvalue weighted by molar-refractivity contribution is 6.12. The molecule has 0 saturated carbocycles. The molecule has 0 bridgehead atoms. The number of aryl methyl sites for hydroxylation is 1. The second kappa shape index (κ2) is 9.81. The molecule has 9 nitrogen and oxygen atoms in total. The van der Waals surface area contributed by atoms with Crippen LogP contribution >= 0.6 is 0 Å². The lowest BCUT2D eigenvalue weighted by molar-refractivity contribution is 0.0823. The number of carbonyl (C=O) groups excluding carboxylic acids is 1. The largest absolute Gasteiger partial charge is 0.485 e. The van der Waals surface area contributed by atoms with Crippen LogP contribution in [0.2, 0.25) is 0 Å². The Balaban J connectivity index is 1.40. The number of hydrogen-bond donors (Lipinski definition) is 3. The number of rotatable bonds is 8. The fraction of sp³-hybridized carbons (Fsp3) is 0.115. The Bertz CT molecular complexity index is 1660. The lowest BCUT2D eigenvalue weighted by Gasteiger charge is -2.11. The average Bonchev–Trinajstić information content (AvgIpc) is 3.46. The van der Waals surface area contributed by atoms with Crippen molar-refractivity contribution in [1.82, 2.24) is 19.7 Å². The van der Waals surface area contributed by atoms with Gasteiger partial charge >= 0.3 is 0 Å². The number of ether oxygens (including phenoxy) is 2. The van der Waals surface area contributed by atoms with Gasteiger partial charge in [-0.15, -0.1) is 0 Å². The van der Waals surface area contributed by atoms with E-state index in [4.69, 9.17) is 20.9 Å². The van der Waals surface area contributed by atoms with E-state index in [1.807, 2.05) is 0 Å². The quantitative estimate of drug-likeness (QED) is 0.192. The van der Waals surface area contributed by atoms with Crippen LogP contribution in [0.25, 0.3) is 16.6 Å². The number of nitrogens with one attached hydrogen (secondary N) is 1. The second-order valence-electron chi connectivity index (χ2n) is 8.39. The number of alkyl halides is 2. The Kier molecular flexibility index (Phi) is 6.37. The Hall–Kier alpha value is -5.00. The molecule has 0 spiro atoms. The third-order valence-corrected chi connectivity index (χ3v) is 5.75. The molecule has 0 atom stereocenters. The first kappa shape index (κ1) is 24.7. The molecule has 3 heterocycles. The van der Waals surface area contributed by atoms with Crippen molar-refractivity contribution in [2.24, 2.45) is 0 Å². The highest BCUT2D eigenvalue weighted by Gasteiger charge is 2.21. The number of nitrogens with two attached hydrogens (primary N) is 2. The SMILES string of the molecule is Cc1cc(Oc2ccccc2F)ncc1-n1ncc(C(=O)c2cc3cc(OCC(F)F)c(N)cc3[nH]2)c1N. The van der Waals surface area contributed by atoms with Gasteiger partial charge < -0.3 is 25.9 Å². The monoisotopic (exact) mass is 522 g/mol. The van der Waals surface area contributed by atoms with Gasteiger partial charge in [0.2, 0.25) is 11.7 Å². The van der Waals surface area contributed by atoms with Gasteiger partial charge in [-0.3, -0.25) is 4.79 Å². The molecular weight excluding hydrogens is 501 g/mol. The van der Waals surface area contributed by atoms with Crippen LogP contribution in [-0.2, 0) is 0 Å². The van der Waals surface area contributed by atoms with Crippen molar-refractivity contribution >= 4 is 28.2 Å². The van der Waals surface area contributed by atoms with Crippen molar-refractivity contribution in [3.63, 3.8) is 0 Å². The van der Waals surface area contributed by atoms with Gasteiger partial charge in [0.15, 0.2) is 11.6 Å². The third-order valence-electron chi connectivity index (χ3n) is 5.75. The number of fused-ring (bicyclic) bond motifs is 1. The Morgan fingerprint density at radius 3 is 2.63 bits per heavy atom. The molecule has 5 rings (SSSR count). The van der Waals surface area contributed by atoms with E-state index >= 15 is 0 Å². The molecule has 0 radical (unpaired) electrons. The van der Waals surface area contributed by atoms with Crippen molar-refractivity contribution in [3.05, 3.63) is 83.6 Å². The van der Waals surface area contributed by atoms with Gasteiger partial charge in [-0.1, -0.05) is 12.1 Å². The van der Waals surface area contributed by atoms with Gasteiger partial charge in [-0.05, 0) is 42.8 Å². The number of halogens is 3. The fourth-order valence-electron chi connectivity index (χ4n) is 3.89. The van der Waals surface area contributed by atoms with E-state index in [-0.39, 0.29) is 40.1 Å². The topological polar surface area (TPSA) is 134 Å². The molecule has 0 aliphatic carbocycles. The minimum absolute atomic E-state index is 0.0337. The molecule has 0 aliphatic heterocycles. The summed E-state index contributed by atoms with van der Waals surface area (Å²) < 4.78 is 50.9. The second-order valence-corrected chi connectivity index (χ2v) is 8.39. The molecule has 0 aliphatic rings. The Labute approximate surface area is 213 Å². The molecule has 3 aromatic heterocycles. The highest BCUT2D eigenvalue weighted by Crippen LogP contribution is 2.31. The van der Waals surface area contributed by atoms with Crippen molar-refractivity contribution in [2.75, 3.05) is 18.1 Å². The first-order chi connectivity index (χ1) is 18.2. The Morgan fingerprint density at radius 1 is 1.11 bits per heavy atom. The van der Waals surface area contributed by atoms with E-state index in [1.165, 1.54) is 41.3 Å². The first-order valence-electron chi connectivity index (χ1n) is 11.3. The maximum Gasteiger partial charge on any atom is 0.272 e. The number of anilines is 2. The summed E-state index contributed by atoms with van der Waals surface area (Å²) in [6.45, 7) is 0.968. The summed E-state index contributed by atoms with van der Waals surface area (Å²) in [6.07, 6.45) is 0.135. The number of nitrogen functional groups attached to an aromatic ring is 2. The van der Waals surface area contributed by atoms with E-state index < -0.39 is 24.6 Å². The number of ketones is 1. The zero-order valence-electron chi connectivity index (χ0n) is 19.9. The molecule has 0 unspecified atom stereocenters. The van der Waals surface area contributed by atoms with Gasteiger partial charge in [-0.2, -0.15) is 5.10 Å². The summed E-state index contributed by atoms with van der Waals surface area (Å²) in [4.78, 5) is 20.4. The molecule has 5 aromatic rings. The van der Waals surface area contributed by atoms with Crippen molar-refractivity contribution in [2.45, 2.75) is 13.3 Å². The molecule has 12 heteroatoms. The normalized spacial score (nSPS) is 11.3. The lowest BCUT2D eigenvalue weighted by atomic mass is 10.1. The fourth-order valence-corrected chi connectivity index (χ4v) is 3.89. The average molecular weight is 522 g/mol. The van der Waals surface area contributed by atoms with Crippen molar-refractivity contribution in [1.29, 1.82) is 0 Å². The molecule has 194 valence electrons. The van der Waals surface area contributed by atoms with Crippen molar-refractivity contribution < 1.29 is 27.4 Å². The smallest absolute Gasteiger partial charge is 0.272 e. The molecule has 0 saturated heterocycles. The number of para-hydroxylation sites is 1. The third kappa shape index (κ3) is 4.71. The van der Waals surface area contributed by atoms with Crippen LogP contribution in [0.1, 0.15) is 21.6 Å². The van der Waals surface area contributed by atoms with Gasteiger partial charge in [0.05, 0.1) is 35.0 Å². The molecule has 0 fully saturated rings. The Morgan fingerprint density at radius 2 is 1.89 bits per heavy atom. The van der Waals surface area contributed by atoms with Crippen LogP contribution < -0.4 is 20.9 Å². The van der Waals surface area contributed by atoms with Crippen LogP contribution in [0.3, 0.4) is 0 Å². The van der Waals surface area contributed by atoms with Crippen LogP contribution in [-0.4, -0.2) is 38.6 Å². The first-order valence-corrected chi connectivity index (χ1v) is 11.3. The maximum absolute atomic E-state index is 13.9. The van der Waals surface area contributed by atoms with E-state index in [0.717, 1.165) is 0 Å². The number of aromatic nitrogens is 4. The molecule has 38 heavy (non-hydrogen) atoms. The highest BCUT2D eigenvalue weighted by atomic mass is 19.3. The molecular formula is C26H21F3N6O3. The summed E-state index contributed by atoms with van der Waals surface area (Å²) in [5, 5.41) is 4.79. The predicted molar refractivity (Wildman–Crippen MR) is 135 cm³/mol. The summed E-state index contributed by atoms with van der Waals surface area (Å²) in [7, 11) is 0. The van der Waals surface area contributed by atoms with Crippen LogP contribution in [0.5, 0.6) is 17.4 Å². The maximum atomic E-state index is 13.9. The summed E-state index contributed by atoms with van der Waals surface area (Å²) in [5.74, 6) is -0.592. The molecule has 0 amide bonds. The molecule has 2 aromatic carbocycles. The van der Waals surface area contributed by atoms with E-state index in [9.17, 15) is 18.0 Å². The number of pyridine rings is 1. The summed E-state index contributed by atoms with van der Waals surface area (Å²) in [5.41, 5.74) is 14.3. The number of benzene rings is 2. The van der Waals surface area contributed by atoms with Crippen LogP contribution in [0, 0.1) is 12.7 Å². The summed E-state index contributed by atoms with van der Waals surface area (Å²) in [6, 6.07) is 12.1. The predicted octanol–water partition coefficient (Wildman–Crippen LogP) is 5.03. The minimum Gasteiger partial charge on any atom is -0.485 e. The van der Waals surface area contributed by atoms with Gasteiger partial charge in [-0.25, -0.2) is 22.8 Å². The standard InChI is InChI=1S/C26H21F3N6O3/c1-13-6-24(38-21-5-3-2-4-16(21)27)32-11-20(13)35-26(31)15(10-33-35)25(36)19-7-14-8-22(37-12-23(28)29)17(30)9-18(14)34-19/h2-11,23,34H,12,30-31H2,1H3. The summed E-state index contributed by atoms with van der Waals surface area (Å²) >= 11 is 0. The van der Waals surface area contributed by atoms with Gasteiger partial charge in [0.25, 0.3) is 6.43 Å². The van der Waals surface area contributed by atoms with Crippen LogP contribution in [0.15, 0.2) is 60.9 Å². The number of H-pyrrole nitrogens is 1. The number of aromatic amines is 1. The number of hydrogen-bond acceptors (Lipinski definition) is 7. The number of nitrogens with zero attached hydrogens (tertiary/aromatic N) is 3. The van der Waals surface area contributed by atoms with E-state index in [1.54, 1.807) is 31.2 Å². The van der Waals surface area contributed by atoms with Gasteiger partial charge in [0.1, 0.15) is 18.2 Å². The lowest BCUT2D eigenvalue weighted by Crippen LogP contribution is -2.09. The minimum atomic E-state index is -2.65. The van der Waals surface area contributed by atoms with Crippen molar-refractivity contribution in [3.8, 4) is 23.1 Å². The molecule has 5 N–H and O–H groups in total. The zero-order valence-corrected chi connectivity index (χ0v) is 19.9. The van der Waals surface area contributed by atoms with E-state index in [0.29, 0.717) is 22.2 Å².